The number of amides is 1. The van der Waals surface area contributed by atoms with Gasteiger partial charge in [0.1, 0.15) is 17.1 Å². The maximum absolute atomic E-state index is 15.2. The number of rotatable bonds is 11. The van der Waals surface area contributed by atoms with Gasteiger partial charge in [-0.3, -0.25) is 4.79 Å². The number of hydrogen-bond donors (Lipinski definition) is 2. The molecular weight excluding hydrogens is 569 g/mol. The van der Waals surface area contributed by atoms with Gasteiger partial charge in [0.15, 0.2) is 5.78 Å². The molecule has 0 bridgehead atoms. The van der Waals surface area contributed by atoms with Crippen molar-refractivity contribution in [3.05, 3.63) is 118 Å². The lowest BCUT2D eigenvalue weighted by Crippen LogP contribution is -2.32. The number of ketones is 1. The van der Waals surface area contributed by atoms with Crippen molar-refractivity contribution in [3.63, 3.8) is 0 Å². The number of Topliss-reactive ketones (excluding diaryl/α,β-unsaturated/α-hetero) is 1. The van der Waals surface area contributed by atoms with Gasteiger partial charge in [0.2, 0.25) is 0 Å². The van der Waals surface area contributed by atoms with Crippen LogP contribution in [0, 0.1) is 30.0 Å². The molecule has 1 fully saturated rings. The van der Waals surface area contributed by atoms with E-state index in [-0.39, 0.29) is 24.8 Å². The molecule has 1 aliphatic rings. The fourth-order valence-corrected chi connectivity index (χ4v) is 5.14. The molecule has 1 aromatic heterocycles. The molecule has 5 rings (SSSR count). The number of carbonyl (C=O) groups is 2. The van der Waals surface area contributed by atoms with Crippen molar-refractivity contribution in [2.24, 2.45) is 5.92 Å². The van der Waals surface area contributed by atoms with Crippen LogP contribution in [0.2, 0.25) is 0 Å². The Morgan fingerprint density at radius 3 is 2.49 bits per heavy atom. The van der Waals surface area contributed by atoms with Gasteiger partial charge in [-0.15, -0.1) is 0 Å². The van der Waals surface area contributed by atoms with E-state index < -0.39 is 17.5 Å². The number of hydrogen-bond acceptors (Lipinski definition) is 6. The number of nitrogens with zero attached hydrogens (tertiary/aromatic N) is 3. The third-order valence-electron chi connectivity index (χ3n) is 7.54. The number of ether oxygens (including phenoxy) is 1. The highest BCUT2D eigenvalue weighted by Crippen LogP contribution is 2.31. The molecule has 1 aliphatic carbocycles. The van der Waals surface area contributed by atoms with Crippen LogP contribution in [0.25, 0.3) is 5.69 Å². The number of alkyl carbamates (subject to hydrolysis) is 1. The van der Waals surface area contributed by atoms with E-state index in [1.807, 2.05) is 36.4 Å². The van der Waals surface area contributed by atoms with Crippen LogP contribution in [0.15, 0.2) is 72.8 Å². The van der Waals surface area contributed by atoms with Crippen molar-refractivity contribution in [3.8, 4) is 11.8 Å². The zero-order chi connectivity index (χ0) is 32.1. The zero-order valence-electron chi connectivity index (χ0n) is 26.1. The number of benzene rings is 3. The number of carbonyl (C=O) groups excluding carboxylic acids is 2. The van der Waals surface area contributed by atoms with Gasteiger partial charge in [0.05, 0.1) is 29.1 Å². The van der Waals surface area contributed by atoms with Gasteiger partial charge >= 0.3 is 6.09 Å². The summed E-state index contributed by atoms with van der Waals surface area (Å²) >= 11 is 0. The first-order valence-corrected chi connectivity index (χ1v) is 15.2. The molecular formula is C36H38FN5O3. The van der Waals surface area contributed by atoms with Crippen LogP contribution >= 0.6 is 0 Å². The molecule has 0 spiro atoms. The minimum absolute atomic E-state index is 0.145. The molecule has 232 valence electrons. The minimum Gasteiger partial charge on any atom is -0.444 e. The van der Waals surface area contributed by atoms with Crippen molar-refractivity contribution >= 4 is 11.9 Å². The summed E-state index contributed by atoms with van der Waals surface area (Å²) in [6.07, 6.45) is 1.71. The highest BCUT2D eigenvalue weighted by molar-refractivity contribution is 5.96. The normalized spacial score (nSPS) is 13.6. The summed E-state index contributed by atoms with van der Waals surface area (Å²) in [6, 6.07) is 23.3. The van der Waals surface area contributed by atoms with E-state index in [0.717, 1.165) is 23.2 Å². The number of nitriles is 1. The van der Waals surface area contributed by atoms with Crippen LogP contribution in [-0.2, 0) is 17.7 Å². The standard InChI is InChI=1S/C36H38FN5O3/c1-23-16-32(42(41-23)30-7-5-6-26(17-30)22-40-35(44)45-36(2,3)4)33(43)19-29-18-28(14-15-31(29)37)34(39-21-25-8-9-25)27-12-10-24(20-38)11-13-27/h5-7,10-18,25,34,39H,8-9,19,21-22H2,1-4H3,(H,40,44). The predicted octanol–water partition coefficient (Wildman–Crippen LogP) is 6.73. The molecule has 1 heterocycles. The third-order valence-corrected chi connectivity index (χ3v) is 7.54. The van der Waals surface area contributed by atoms with Gasteiger partial charge in [-0.25, -0.2) is 13.9 Å². The highest BCUT2D eigenvalue weighted by Gasteiger charge is 2.25. The van der Waals surface area contributed by atoms with Crippen molar-refractivity contribution in [2.75, 3.05) is 6.54 Å². The first kappa shape index (κ1) is 31.6. The van der Waals surface area contributed by atoms with Crippen LogP contribution in [-0.4, -0.2) is 33.8 Å². The lowest BCUT2D eigenvalue weighted by molar-refractivity contribution is 0.0523. The molecule has 1 amide bonds. The van der Waals surface area contributed by atoms with Gasteiger partial charge in [-0.2, -0.15) is 10.4 Å². The van der Waals surface area contributed by atoms with E-state index in [2.05, 4.69) is 21.8 Å². The van der Waals surface area contributed by atoms with Crippen molar-refractivity contribution in [2.45, 2.75) is 65.1 Å². The van der Waals surface area contributed by atoms with Crippen molar-refractivity contribution < 1.29 is 18.7 Å². The second kappa shape index (κ2) is 13.4. The Morgan fingerprint density at radius 2 is 1.80 bits per heavy atom. The van der Waals surface area contributed by atoms with E-state index in [0.29, 0.717) is 34.1 Å². The molecule has 3 aromatic carbocycles. The number of aromatic nitrogens is 2. The van der Waals surface area contributed by atoms with Gasteiger partial charge in [-0.1, -0.05) is 36.4 Å². The molecule has 1 unspecified atom stereocenters. The smallest absolute Gasteiger partial charge is 0.407 e. The summed E-state index contributed by atoms with van der Waals surface area (Å²) in [6.45, 7) is 8.27. The number of nitrogens with one attached hydrogen (secondary N) is 2. The molecule has 4 aromatic rings. The Morgan fingerprint density at radius 1 is 1.07 bits per heavy atom. The largest absolute Gasteiger partial charge is 0.444 e. The van der Waals surface area contributed by atoms with Gasteiger partial charge in [-0.05, 0) is 112 Å². The van der Waals surface area contributed by atoms with Crippen molar-refractivity contribution in [1.82, 2.24) is 20.4 Å². The van der Waals surface area contributed by atoms with E-state index >= 15 is 4.39 Å². The lowest BCUT2D eigenvalue weighted by Gasteiger charge is -2.21. The van der Waals surface area contributed by atoms with Gasteiger partial charge in [0, 0.05) is 13.0 Å². The predicted molar refractivity (Wildman–Crippen MR) is 170 cm³/mol. The zero-order valence-corrected chi connectivity index (χ0v) is 26.1. The maximum atomic E-state index is 15.2. The van der Waals surface area contributed by atoms with Crippen LogP contribution in [0.3, 0.4) is 0 Å². The van der Waals surface area contributed by atoms with Crippen LogP contribution in [0.5, 0.6) is 0 Å². The fraction of sp³-hybridized carbons (Fsp3) is 0.333. The van der Waals surface area contributed by atoms with Crippen LogP contribution in [0.1, 0.15) is 83.7 Å². The summed E-state index contributed by atoms with van der Waals surface area (Å²) in [4.78, 5) is 25.8. The molecule has 0 saturated heterocycles. The summed E-state index contributed by atoms with van der Waals surface area (Å²) in [5, 5.41) is 20.1. The van der Waals surface area contributed by atoms with Gasteiger partial charge < -0.3 is 15.4 Å². The van der Waals surface area contributed by atoms with Crippen molar-refractivity contribution in [1.29, 1.82) is 5.26 Å². The fourth-order valence-electron chi connectivity index (χ4n) is 5.14. The molecule has 45 heavy (non-hydrogen) atoms. The molecule has 9 heteroatoms. The lowest BCUT2D eigenvalue weighted by atomic mass is 9.94. The Kier molecular flexibility index (Phi) is 9.45. The molecule has 0 radical (unpaired) electrons. The summed E-state index contributed by atoms with van der Waals surface area (Å²) in [5.74, 6) is -0.0989. The van der Waals surface area contributed by atoms with E-state index in [4.69, 9.17) is 4.74 Å². The van der Waals surface area contributed by atoms with Crippen LogP contribution < -0.4 is 10.6 Å². The number of halogens is 1. The molecule has 2 N–H and O–H groups in total. The minimum atomic E-state index is -0.607. The second-order valence-electron chi connectivity index (χ2n) is 12.6. The Labute approximate surface area is 263 Å². The van der Waals surface area contributed by atoms with Crippen LogP contribution in [0.4, 0.5) is 9.18 Å². The van der Waals surface area contributed by atoms with Gasteiger partial charge in [0.25, 0.3) is 0 Å². The Bertz CT molecular complexity index is 1730. The third kappa shape index (κ3) is 8.43. The van der Waals surface area contributed by atoms with E-state index in [9.17, 15) is 14.9 Å². The second-order valence-corrected chi connectivity index (χ2v) is 12.6. The summed E-state index contributed by atoms with van der Waals surface area (Å²) < 4.78 is 22.1. The average molecular weight is 608 g/mol. The first-order valence-electron chi connectivity index (χ1n) is 15.2. The molecule has 8 nitrogen and oxygen atoms in total. The summed E-state index contributed by atoms with van der Waals surface area (Å²) in [5.41, 5.74) is 4.51. The SMILES string of the molecule is Cc1cc(C(=O)Cc2cc(C(NCC3CC3)c3ccc(C#N)cc3)ccc2F)n(-c2cccc(CNC(=O)OC(C)(C)C)c2)n1. The Balaban J connectivity index is 1.36. The van der Waals surface area contributed by atoms with E-state index in [1.165, 1.54) is 18.9 Å². The average Bonchev–Trinajstić information content (AvgIpc) is 3.75. The highest BCUT2D eigenvalue weighted by atomic mass is 19.1. The molecule has 1 atom stereocenters. The number of aryl methyl sites for hydroxylation is 1. The first-order chi connectivity index (χ1) is 21.5. The monoisotopic (exact) mass is 607 g/mol. The Hall–Kier alpha value is -4.81. The topological polar surface area (TPSA) is 109 Å². The summed E-state index contributed by atoms with van der Waals surface area (Å²) in [7, 11) is 0. The maximum Gasteiger partial charge on any atom is 0.407 e. The molecule has 1 saturated carbocycles. The quantitative estimate of drug-likeness (QED) is 0.183. The van der Waals surface area contributed by atoms with E-state index in [1.54, 1.807) is 62.7 Å². The molecule has 0 aliphatic heterocycles.